The Morgan fingerprint density at radius 2 is 2.00 bits per heavy atom. The van der Waals surface area contributed by atoms with Crippen LogP contribution < -0.4 is 4.18 Å². The van der Waals surface area contributed by atoms with Crippen LogP contribution >= 0.6 is 11.6 Å². The fraction of sp³-hybridized carbons (Fsp3) is 0.0833. The van der Waals surface area contributed by atoms with E-state index in [1.807, 2.05) is 0 Å². The van der Waals surface area contributed by atoms with E-state index in [1.54, 1.807) is 25.1 Å². The van der Waals surface area contributed by atoms with Gasteiger partial charge in [0.2, 0.25) is 0 Å². The second-order valence-corrected chi connectivity index (χ2v) is 5.57. The van der Waals surface area contributed by atoms with Crippen molar-refractivity contribution in [3.8, 4) is 5.75 Å². The third-order valence-corrected chi connectivity index (χ3v) is 3.78. The predicted molar refractivity (Wildman–Crippen MR) is 68.2 cm³/mol. The fourth-order valence-corrected chi connectivity index (χ4v) is 2.65. The van der Waals surface area contributed by atoms with Crippen LogP contribution in [-0.4, -0.2) is 13.4 Å². The Labute approximate surface area is 110 Å². The summed E-state index contributed by atoms with van der Waals surface area (Å²) in [6, 6.07) is 7.95. The molecule has 0 atom stereocenters. The summed E-state index contributed by atoms with van der Waals surface area (Å²) >= 11 is 5.92. The first-order valence-corrected chi connectivity index (χ1v) is 6.89. The molecule has 0 fully saturated rings. The Kier molecular flexibility index (Phi) is 3.54. The fourth-order valence-electron chi connectivity index (χ4n) is 1.37. The summed E-state index contributed by atoms with van der Waals surface area (Å²) in [6.45, 7) is 1.72. The van der Waals surface area contributed by atoms with Crippen LogP contribution in [0.25, 0.3) is 0 Å². The molecule has 2 rings (SSSR count). The van der Waals surface area contributed by atoms with Crippen LogP contribution in [0.5, 0.6) is 5.75 Å². The number of rotatable bonds is 3. The minimum atomic E-state index is -3.91. The van der Waals surface area contributed by atoms with Gasteiger partial charge in [-0.1, -0.05) is 23.7 Å². The van der Waals surface area contributed by atoms with Gasteiger partial charge < -0.3 is 4.18 Å². The Bertz CT molecular complexity index is 636. The summed E-state index contributed by atoms with van der Waals surface area (Å²) in [4.78, 5) is 3.74. The van der Waals surface area contributed by atoms with Crippen LogP contribution in [0.2, 0.25) is 5.02 Å². The van der Waals surface area contributed by atoms with Gasteiger partial charge in [0.05, 0.1) is 5.02 Å². The van der Waals surface area contributed by atoms with Crippen LogP contribution in [0.15, 0.2) is 47.6 Å². The van der Waals surface area contributed by atoms with E-state index in [1.165, 1.54) is 24.5 Å². The van der Waals surface area contributed by atoms with Crippen molar-refractivity contribution in [3.63, 3.8) is 0 Å². The molecule has 94 valence electrons. The van der Waals surface area contributed by atoms with Gasteiger partial charge in [-0.05, 0) is 30.7 Å². The van der Waals surface area contributed by atoms with E-state index < -0.39 is 10.1 Å². The van der Waals surface area contributed by atoms with Crippen molar-refractivity contribution >= 4 is 21.7 Å². The van der Waals surface area contributed by atoms with Crippen molar-refractivity contribution in [2.75, 3.05) is 0 Å². The van der Waals surface area contributed by atoms with Crippen LogP contribution in [0.1, 0.15) is 5.56 Å². The number of hydrogen-bond acceptors (Lipinski definition) is 4. The molecule has 0 aliphatic rings. The zero-order valence-electron chi connectivity index (χ0n) is 9.50. The van der Waals surface area contributed by atoms with Gasteiger partial charge >= 0.3 is 10.1 Å². The molecule has 1 aromatic carbocycles. The first-order valence-electron chi connectivity index (χ1n) is 5.10. The Morgan fingerprint density at radius 3 is 2.61 bits per heavy atom. The first kappa shape index (κ1) is 12.9. The lowest BCUT2D eigenvalue weighted by atomic mass is 10.2. The van der Waals surface area contributed by atoms with E-state index in [0.717, 1.165) is 0 Å². The molecule has 0 aliphatic heterocycles. The molecule has 0 saturated heterocycles. The standard InChI is InChI=1S/C12H10ClNO3S/c1-9-4-2-6-11(13)12(9)17-18(15,16)10-5-3-7-14-8-10/h2-8H,1H3. The van der Waals surface area contributed by atoms with Crippen LogP contribution in [0.3, 0.4) is 0 Å². The highest BCUT2D eigenvalue weighted by atomic mass is 35.5. The van der Waals surface area contributed by atoms with Gasteiger partial charge in [-0.3, -0.25) is 4.98 Å². The normalized spacial score (nSPS) is 11.2. The molecule has 0 radical (unpaired) electrons. The van der Waals surface area contributed by atoms with E-state index in [9.17, 15) is 8.42 Å². The largest absolute Gasteiger partial charge is 0.377 e. The van der Waals surface area contributed by atoms with Crippen LogP contribution in [0.4, 0.5) is 0 Å². The lowest BCUT2D eigenvalue weighted by Gasteiger charge is -2.10. The minimum absolute atomic E-state index is 0.00989. The average molecular weight is 284 g/mol. The van der Waals surface area contributed by atoms with Gasteiger partial charge in [-0.2, -0.15) is 8.42 Å². The molecule has 4 nitrogen and oxygen atoms in total. The highest BCUT2D eigenvalue weighted by Gasteiger charge is 2.19. The van der Waals surface area contributed by atoms with Crippen LogP contribution in [-0.2, 0) is 10.1 Å². The number of hydrogen-bond donors (Lipinski definition) is 0. The van der Waals surface area contributed by atoms with Gasteiger partial charge in [0.25, 0.3) is 0 Å². The van der Waals surface area contributed by atoms with Gasteiger partial charge in [-0.15, -0.1) is 0 Å². The number of halogens is 1. The Hall–Kier alpha value is -1.59. The molecule has 0 saturated carbocycles. The topological polar surface area (TPSA) is 56.3 Å². The smallest absolute Gasteiger partial charge is 0.340 e. The number of pyridine rings is 1. The molecular formula is C12H10ClNO3S. The summed E-state index contributed by atoms with van der Waals surface area (Å²) in [7, 11) is -3.91. The van der Waals surface area contributed by atoms with Crippen molar-refractivity contribution in [1.29, 1.82) is 0 Å². The molecule has 0 amide bonds. The predicted octanol–water partition coefficient (Wildman–Crippen LogP) is 2.81. The second-order valence-electron chi connectivity index (χ2n) is 3.61. The quantitative estimate of drug-likeness (QED) is 0.813. The third-order valence-electron chi connectivity index (χ3n) is 2.28. The molecule has 18 heavy (non-hydrogen) atoms. The van der Waals surface area contributed by atoms with Crippen molar-refractivity contribution in [2.24, 2.45) is 0 Å². The van der Waals surface area contributed by atoms with Crippen molar-refractivity contribution in [1.82, 2.24) is 4.98 Å². The van der Waals surface area contributed by atoms with Crippen molar-refractivity contribution < 1.29 is 12.6 Å². The van der Waals surface area contributed by atoms with E-state index >= 15 is 0 Å². The molecule has 0 unspecified atom stereocenters. The number of aryl methyl sites for hydroxylation is 1. The number of aromatic nitrogens is 1. The SMILES string of the molecule is Cc1cccc(Cl)c1OS(=O)(=O)c1cccnc1. The Morgan fingerprint density at radius 1 is 1.22 bits per heavy atom. The van der Waals surface area contributed by atoms with Crippen molar-refractivity contribution in [2.45, 2.75) is 11.8 Å². The summed E-state index contributed by atoms with van der Waals surface area (Å²) < 4.78 is 29.0. The van der Waals surface area contributed by atoms with Crippen LogP contribution in [0, 0.1) is 6.92 Å². The average Bonchev–Trinajstić information content (AvgIpc) is 2.35. The van der Waals surface area contributed by atoms with Gasteiger partial charge in [0.15, 0.2) is 5.75 Å². The summed E-state index contributed by atoms with van der Waals surface area (Å²) in [6.07, 6.45) is 2.71. The number of benzene rings is 1. The molecule has 0 N–H and O–H groups in total. The van der Waals surface area contributed by atoms with E-state index in [-0.39, 0.29) is 15.7 Å². The molecule has 0 aliphatic carbocycles. The van der Waals surface area contributed by atoms with Gasteiger partial charge in [0.1, 0.15) is 4.90 Å². The van der Waals surface area contributed by atoms with E-state index in [2.05, 4.69) is 4.98 Å². The highest BCUT2D eigenvalue weighted by Crippen LogP contribution is 2.30. The Balaban J connectivity index is 2.41. The summed E-state index contributed by atoms with van der Waals surface area (Å²) in [5.74, 6) is 0.142. The lowest BCUT2D eigenvalue weighted by molar-refractivity contribution is 0.484. The van der Waals surface area contributed by atoms with E-state index in [0.29, 0.717) is 5.56 Å². The number of para-hydroxylation sites is 1. The van der Waals surface area contributed by atoms with Gasteiger partial charge in [0, 0.05) is 12.4 Å². The molecule has 2 aromatic rings. The second kappa shape index (κ2) is 4.96. The molecule has 0 bridgehead atoms. The zero-order valence-corrected chi connectivity index (χ0v) is 11.1. The molecule has 6 heteroatoms. The maximum Gasteiger partial charge on any atom is 0.340 e. The molecular weight excluding hydrogens is 274 g/mol. The lowest BCUT2D eigenvalue weighted by Crippen LogP contribution is -2.11. The van der Waals surface area contributed by atoms with E-state index in [4.69, 9.17) is 15.8 Å². The van der Waals surface area contributed by atoms with Crippen molar-refractivity contribution in [3.05, 3.63) is 53.3 Å². The first-order chi connectivity index (χ1) is 8.50. The minimum Gasteiger partial charge on any atom is -0.377 e. The summed E-state index contributed by atoms with van der Waals surface area (Å²) in [5, 5.41) is 0.252. The van der Waals surface area contributed by atoms with Gasteiger partial charge in [-0.25, -0.2) is 0 Å². The monoisotopic (exact) mass is 283 g/mol. The zero-order chi connectivity index (χ0) is 13.2. The molecule has 1 aromatic heterocycles. The maximum atomic E-state index is 12.0. The molecule has 0 spiro atoms. The number of nitrogens with zero attached hydrogens (tertiary/aromatic N) is 1. The summed E-state index contributed by atoms with van der Waals surface area (Å²) in [5.41, 5.74) is 0.648. The third kappa shape index (κ3) is 2.63. The highest BCUT2D eigenvalue weighted by molar-refractivity contribution is 7.87. The molecule has 1 heterocycles. The maximum absolute atomic E-state index is 12.0.